The molecular weight excluding hydrogens is 244 g/mol. The van der Waals surface area contributed by atoms with E-state index in [2.05, 4.69) is 20.8 Å². The maximum absolute atomic E-state index is 11.7. The summed E-state index contributed by atoms with van der Waals surface area (Å²) in [5.74, 6) is -0.983. The van der Waals surface area contributed by atoms with Crippen LogP contribution in [-0.4, -0.2) is 38.6 Å². The van der Waals surface area contributed by atoms with Crippen LogP contribution in [0.25, 0.3) is 5.69 Å². The molecule has 0 saturated carbocycles. The van der Waals surface area contributed by atoms with Gasteiger partial charge in [0, 0.05) is 0 Å². The first-order valence-electron chi connectivity index (χ1n) is 4.56. The molecule has 0 radical (unpaired) electrons. The lowest BCUT2D eigenvalue weighted by atomic mass is 10.3. The monoisotopic (exact) mass is 252 g/mol. The fourth-order valence-corrected chi connectivity index (χ4v) is 1.97. The zero-order valence-corrected chi connectivity index (χ0v) is 9.35. The van der Waals surface area contributed by atoms with Crippen molar-refractivity contribution in [3.63, 3.8) is 0 Å². The fraction of sp³-hybridized carbons (Fsp3) is 0.125. The highest BCUT2D eigenvalue weighted by Crippen LogP contribution is 2.19. The van der Waals surface area contributed by atoms with Crippen molar-refractivity contribution in [1.82, 2.24) is 25.5 Å². The van der Waals surface area contributed by atoms with Crippen molar-refractivity contribution in [2.45, 2.75) is 0 Å². The van der Waals surface area contributed by atoms with E-state index in [1.807, 2.05) is 0 Å². The van der Waals surface area contributed by atoms with E-state index in [0.29, 0.717) is 10.6 Å². The molecular formula is C8H8N6O2S. The number of primary amides is 1. The van der Waals surface area contributed by atoms with E-state index < -0.39 is 5.91 Å². The summed E-state index contributed by atoms with van der Waals surface area (Å²) in [6.45, 7) is -0.203. The average Bonchev–Trinajstić information content (AvgIpc) is 2.94. The third kappa shape index (κ3) is 2.45. The van der Waals surface area contributed by atoms with Crippen LogP contribution >= 0.6 is 11.3 Å². The Morgan fingerprint density at radius 1 is 1.53 bits per heavy atom. The Morgan fingerprint density at radius 2 is 2.35 bits per heavy atom. The smallest absolute Gasteiger partial charge is 0.264 e. The average molecular weight is 252 g/mol. The van der Waals surface area contributed by atoms with Gasteiger partial charge in [-0.25, -0.2) is 0 Å². The highest BCUT2D eigenvalue weighted by Gasteiger charge is 2.15. The number of nitrogens with one attached hydrogen (secondary N) is 1. The van der Waals surface area contributed by atoms with Gasteiger partial charge in [-0.15, -0.1) is 16.4 Å². The van der Waals surface area contributed by atoms with Crippen LogP contribution in [0.1, 0.15) is 9.67 Å². The number of thiophene rings is 1. The van der Waals surface area contributed by atoms with Crippen molar-refractivity contribution < 1.29 is 9.59 Å². The Hall–Kier alpha value is -2.29. The van der Waals surface area contributed by atoms with Crippen molar-refractivity contribution in [3.05, 3.63) is 22.7 Å². The number of nitrogens with zero attached hydrogens (tertiary/aromatic N) is 4. The summed E-state index contributed by atoms with van der Waals surface area (Å²) in [6, 6.07) is 1.71. The fourth-order valence-electron chi connectivity index (χ4n) is 1.17. The summed E-state index contributed by atoms with van der Waals surface area (Å²) in [7, 11) is 0. The highest BCUT2D eigenvalue weighted by atomic mass is 32.1. The molecule has 8 nitrogen and oxygen atoms in total. The number of hydrogen-bond acceptors (Lipinski definition) is 6. The first-order valence-corrected chi connectivity index (χ1v) is 5.44. The molecule has 0 saturated heterocycles. The van der Waals surface area contributed by atoms with Gasteiger partial charge < -0.3 is 11.1 Å². The van der Waals surface area contributed by atoms with E-state index in [4.69, 9.17) is 5.73 Å². The number of hydrogen-bond donors (Lipinski definition) is 2. The van der Waals surface area contributed by atoms with Crippen molar-refractivity contribution in [2.75, 3.05) is 6.54 Å². The summed E-state index contributed by atoms with van der Waals surface area (Å²) in [6.07, 6.45) is 1.38. The van der Waals surface area contributed by atoms with E-state index in [1.165, 1.54) is 22.3 Å². The standard InChI is InChI=1S/C8H8N6O2S/c9-6(15)3-10-8(16)7-5(1-2-17-7)14-4-11-12-13-14/h1-2,4H,3H2,(H2,9,15)(H,10,16). The second kappa shape index (κ2) is 4.70. The van der Waals surface area contributed by atoms with Gasteiger partial charge in [-0.1, -0.05) is 0 Å². The number of nitrogens with two attached hydrogens (primary N) is 1. The van der Waals surface area contributed by atoms with E-state index in [9.17, 15) is 9.59 Å². The summed E-state index contributed by atoms with van der Waals surface area (Å²) in [5.41, 5.74) is 5.50. The maximum Gasteiger partial charge on any atom is 0.264 e. The lowest BCUT2D eigenvalue weighted by Gasteiger charge is -2.03. The molecule has 0 unspecified atom stereocenters. The lowest BCUT2D eigenvalue weighted by Crippen LogP contribution is -2.33. The maximum atomic E-state index is 11.7. The van der Waals surface area contributed by atoms with Crippen molar-refractivity contribution in [3.8, 4) is 5.69 Å². The summed E-state index contributed by atoms with van der Waals surface area (Å²) in [4.78, 5) is 22.7. The largest absolute Gasteiger partial charge is 0.368 e. The molecule has 3 N–H and O–H groups in total. The number of carbonyl (C=O) groups is 2. The second-order valence-corrected chi connectivity index (χ2v) is 3.95. The van der Waals surface area contributed by atoms with Crippen molar-refractivity contribution in [2.24, 2.45) is 5.73 Å². The molecule has 0 aliphatic rings. The first-order chi connectivity index (χ1) is 8.18. The van der Waals surface area contributed by atoms with Gasteiger partial charge in [-0.3, -0.25) is 9.59 Å². The summed E-state index contributed by atoms with van der Waals surface area (Å²) in [5, 5.41) is 14.8. The van der Waals surface area contributed by atoms with Gasteiger partial charge in [-0.05, 0) is 21.9 Å². The third-order valence-electron chi connectivity index (χ3n) is 1.87. The highest BCUT2D eigenvalue weighted by molar-refractivity contribution is 7.12. The number of rotatable bonds is 4. The van der Waals surface area contributed by atoms with Crippen LogP contribution in [0.5, 0.6) is 0 Å². The van der Waals surface area contributed by atoms with Crippen LogP contribution in [-0.2, 0) is 4.79 Å². The van der Waals surface area contributed by atoms with E-state index in [-0.39, 0.29) is 12.5 Å². The van der Waals surface area contributed by atoms with Crippen LogP contribution in [0.3, 0.4) is 0 Å². The Kier molecular flexibility index (Phi) is 3.10. The van der Waals surface area contributed by atoms with Gasteiger partial charge in [0.25, 0.3) is 5.91 Å². The Bertz CT molecular complexity index is 534. The van der Waals surface area contributed by atoms with Crippen molar-refractivity contribution >= 4 is 23.2 Å². The van der Waals surface area contributed by atoms with Crippen LogP contribution in [0.2, 0.25) is 0 Å². The topological polar surface area (TPSA) is 116 Å². The minimum absolute atomic E-state index is 0.203. The quantitative estimate of drug-likeness (QED) is 0.719. The van der Waals surface area contributed by atoms with Crippen LogP contribution in [0.4, 0.5) is 0 Å². The minimum Gasteiger partial charge on any atom is -0.368 e. The molecule has 2 aromatic heterocycles. The van der Waals surface area contributed by atoms with Gasteiger partial charge in [0.2, 0.25) is 5.91 Å². The zero-order chi connectivity index (χ0) is 12.3. The third-order valence-corrected chi connectivity index (χ3v) is 2.77. The molecule has 2 amide bonds. The molecule has 88 valence electrons. The zero-order valence-electron chi connectivity index (χ0n) is 8.53. The first kappa shape index (κ1) is 11.2. The number of carbonyl (C=O) groups excluding carboxylic acids is 2. The lowest BCUT2D eigenvalue weighted by molar-refractivity contribution is -0.117. The number of aromatic nitrogens is 4. The molecule has 17 heavy (non-hydrogen) atoms. The summed E-state index contributed by atoms with van der Waals surface area (Å²) >= 11 is 1.23. The Labute approximate surface area is 99.4 Å². The molecule has 0 atom stereocenters. The van der Waals surface area contributed by atoms with Gasteiger partial charge in [0.15, 0.2) is 0 Å². The Morgan fingerprint density at radius 3 is 3.00 bits per heavy atom. The van der Waals surface area contributed by atoms with Crippen LogP contribution < -0.4 is 11.1 Å². The van der Waals surface area contributed by atoms with Crippen molar-refractivity contribution in [1.29, 1.82) is 0 Å². The minimum atomic E-state index is -0.598. The normalized spacial score (nSPS) is 10.1. The van der Waals surface area contributed by atoms with E-state index in [0.717, 1.165) is 0 Å². The van der Waals surface area contributed by atoms with Gasteiger partial charge in [-0.2, -0.15) is 4.68 Å². The van der Waals surface area contributed by atoms with Gasteiger partial charge in [0.05, 0.1) is 12.2 Å². The molecule has 0 spiro atoms. The predicted octanol–water partition coefficient (Wildman–Crippen LogP) is -1.06. The van der Waals surface area contributed by atoms with E-state index >= 15 is 0 Å². The number of tetrazole rings is 1. The van der Waals surface area contributed by atoms with E-state index in [1.54, 1.807) is 11.4 Å². The Balaban J connectivity index is 2.19. The molecule has 0 aliphatic carbocycles. The molecule has 2 heterocycles. The predicted molar refractivity (Wildman–Crippen MR) is 58.6 cm³/mol. The summed E-state index contributed by atoms with van der Waals surface area (Å²) < 4.78 is 1.37. The van der Waals surface area contributed by atoms with Crippen LogP contribution in [0, 0.1) is 0 Å². The molecule has 0 aliphatic heterocycles. The number of amides is 2. The van der Waals surface area contributed by atoms with Gasteiger partial charge >= 0.3 is 0 Å². The molecule has 0 fully saturated rings. The molecule has 9 heteroatoms. The van der Waals surface area contributed by atoms with Gasteiger partial charge in [0.1, 0.15) is 11.2 Å². The molecule has 0 aromatic carbocycles. The second-order valence-electron chi connectivity index (χ2n) is 3.04. The molecule has 0 bridgehead atoms. The SMILES string of the molecule is NC(=O)CNC(=O)c1sccc1-n1cnnn1. The van der Waals surface area contributed by atoms with Crippen LogP contribution in [0.15, 0.2) is 17.8 Å². The molecule has 2 aromatic rings. The molecule has 2 rings (SSSR count).